The lowest BCUT2D eigenvalue weighted by Crippen LogP contribution is -2.20. The summed E-state index contributed by atoms with van der Waals surface area (Å²) in [6.45, 7) is 1.34. The molecule has 9 nitrogen and oxygen atoms in total. The number of rotatable bonds is 8. The third kappa shape index (κ3) is 5.96. The molecule has 0 fully saturated rings. The number of benzene rings is 3. The van der Waals surface area contributed by atoms with Gasteiger partial charge in [-0.1, -0.05) is 17.7 Å². The monoisotopic (exact) mass is 475 g/mol. The second-order valence-corrected chi connectivity index (χ2v) is 8.80. The molecule has 166 valence electrons. The highest BCUT2D eigenvalue weighted by Crippen LogP contribution is 2.23. The summed E-state index contributed by atoms with van der Waals surface area (Å²) in [4.78, 5) is 22.5. The molecule has 1 amide bonds. The second kappa shape index (κ2) is 9.67. The van der Waals surface area contributed by atoms with Gasteiger partial charge in [0, 0.05) is 22.8 Å². The number of anilines is 2. The number of hydrogen-bond acceptors (Lipinski definition) is 6. The Morgan fingerprint density at radius 1 is 1.06 bits per heavy atom. The van der Waals surface area contributed by atoms with Crippen LogP contribution in [0.25, 0.3) is 0 Å². The van der Waals surface area contributed by atoms with Gasteiger partial charge in [-0.15, -0.1) is 0 Å². The predicted molar refractivity (Wildman–Crippen MR) is 121 cm³/mol. The van der Waals surface area contributed by atoms with Crippen LogP contribution in [0.5, 0.6) is 5.75 Å². The van der Waals surface area contributed by atoms with Gasteiger partial charge in [-0.3, -0.25) is 19.6 Å². The van der Waals surface area contributed by atoms with E-state index in [0.717, 1.165) is 0 Å². The number of carbonyl (C=O) groups excluding carboxylic acids is 1. The molecule has 0 aliphatic heterocycles. The fraction of sp³-hybridized carbons (Fsp3) is 0.0952. The summed E-state index contributed by atoms with van der Waals surface area (Å²) in [7, 11) is -3.81. The highest BCUT2D eigenvalue weighted by Gasteiger charge is 2.15. The van der Waals surface area contributed by atoms with Crippen LogP contribution in [-0.4, -0.2) is 25.9 Å². The molecule has 0 spiro atoms. The van der Waals surface area contributed by atoms with E-state index in [1.165, 1.54) is 42.5 Å². The number of nitro groups is 1. The second-order valence-electron chi connectivity index (χ2n) is 6.68. The topological polar surface area (TPSA) is 128 Å². The fourth-order valence-electron chi connectivity index (χ4n) is 2.64. The van der Waals surface area contributed by atoms with E-state index in [4.69, 9.17) is 16.3 Å². The van der Waals surface area contributed by atoms with E-state index < -0.39 is 20.9 Å². The van der Waals surface area contributed by atoms with Crippen molar-refractivity contribution in [1.82, 2.24) is 0 Å². The van der Waals surface area contributed by atoms with Crippen LogP contribution in [0.2, 0.25) is 5.02 Å². The van der Waals surface area contributed by atoms with Gasteiger partial charge < -0.3 is 10.1 Å². The molecule has 0 heterocycles. The highest BCUT2D eigenvalue weighted by atomic mass is 35.5. The largest absolute Gasteiger partial charge is 0.484 e. The summed E-state index contributed by atoms with van der Waals surface area (Å²) < 4.78 is 32.8. The van der Waals surface area contributed by atoms with Crippen molar-refractivity contribution in [2.75, 3.05) is 16.6 Å². The summed E-state index contributed by atoms with van der Waals surface area (Å²) >= 11 is 5.80. The maximum Gasteiger partial charge on any atom is 0.271 e. The molecule has 0 radical (unpaired) electrons. The van der Waals surface area contributed by atoms with Gasteiger partial charge >= 0.3 is 0 Å². The minimum Gasteiger partial charge on any atom is -0.484 e. The molecule has 3 rings (SSSR count). The van der Waals surface area contributed by atoms with Gasteiger partial charge in [0.2, 0.25) is 0 Å². The first-order valence-electron chi connectivity index (χ1n) is 9.20. The van der Waals surface area contributed by atoms with Gasteiger partial charge in [0.25, 0.3) is 21.6 Å². The third-order valence-corrected chi connectivity index (χ3v) is 5.96. The smallest absolute Gasteiger partial charge is 0.271 e. The first-order chi connectivity index (χ1) is 15.1. The molecule has 0 saturated heterocycles. The number of nitrogens with zero attached hydrogens (tertiary/aromatic N) is 1. The lowest BCUT2D eigenvalue weighted by Gasteiger charge is -2.11. The average molecular weight is 476 g/mol. The SMILES string of the molecule is Cc1ccc([N+](=O)[O-])cc1NC(=O)COc1ccc(S(=O)(=O)Nc2ccc(Cl)cc2)cc1. The number of nitrogens with one attached hydrogen (secondary N) is 2. The van der Waals surface area contributed by atoms with Crippen LogP contribution in [0.4, 0.5) is 17.1 Å². The number of ether oxygens (including phenoxy) is 1. The first kappa shape index (κ1) is 23.0. The number of carbonyl (C=O) groups is 1. The van der Waals surface area contributed by atoms with Crippen LogP contribution < -0.4 is 14.8 Å². The molecular formula is C21H18ClN3O6S. The van der Waals surface area contributed by atoms with Crippen molar-refractivity contribution in [3.05, 3.63) is 87.4 Å². The summed E-state index contributed by atoms with van der Waals surface area (Å²) in [5, 5.41) is 13.9. The number of halogens is 1. The zero-order chi connectivity index (χ0) is 23.3. The standard InChI is InChI=1S/C21H18ClN3O6S/c1-14-2-7-17(25(27)28)12-20(14)23-21(26)13-31-18-8-10-19(11-9-18)32(29,30)24-16-5-3-15(22)4-6-16/h2-12,24H,13H2,1H3,(H,23,26). The number of aryl methyl sites for hydroxylation is 1. The minimum atomic E-state index is -3.81. The Morgan fingerprint density at radius 2 is 1.72 bits per heavy atom. The molecule has 0 aromatic heterocycles. The van der Waals surface area contributed by atoms with Crippen molar-refractivity contribution in [2.45, 2.75) is 11.8 Å². The highest BCUT2D eigenvalue weighted by molar-refractivity contribution is 7.92. The molecule has 0 saturated carbocycles. The number of nitro benzene ring substituents is 1. The van der Waals surface area contributed by atoms with Crippen LogP contribution in [-0.2, 0) is 14.8 Å². The number of hydrogen-bond donors (Lipinski definition) is 2. The molecule has 0 bridgehead atoms. The Kier molecular flexibility index (Phi) is 6.96. The zero-order valence-corrected chi connectivity index (χ0v) is 18.3. The molecule has 2 N–H and O–H groups in total. The molecule has 32 heavy (non-hydrogen) atoms. The Hall–Kier alpha value is -3.63. The lowest BCUT2D eigenvalue weighted by atomic mass is 10.2. The van der Waals surface area contributed by atoms with Crippen LogP contribution in [0.15, 0.2) is 71.6 Å². The third-order valence-electron chi connectivity index (χ3n) is 4.31. The maximum atomic E-state index is 12.5. The van der Waals surface area contributed by atoms with Crippen LogP contribution >= 0.6 is 11.6 Å². The molecule has 11 heteroatoms. The van der Waals surface area contributed by atoms with Gasteiger partial charge in [0.1, 0.15) is 5.75 Å². The van der Waals surface area contributed by atoms with Crippen LogP contribution in [0.1, 0.15) is 5.56 Å². The fourth-order valence-corrected chi connectivity index (χ4v) is 3.83. The molecule has 0 atom stereocenters. The van der Waals surface area contributed by atoms with Gasteiger partial charge in [-0.05, 0) is 61.0 Å². The molecule has 3 aromatic carbocycles. The molecular weight excluding hydrogens is 458 g/mol. The van der Waals surface area contributed by atoms with Crippen molar-refractivity contribution in [1.29, 1.82) is 0 Å². The Balaban J connectivity index is 1.60. The van der Waals surface area contributed by atoms with E-state index in [9.17, 15) is 23.3 Å². The Bertz CT molecular complexity index is 1250. The lowest BCUT2D eigenvalue weighted by molar-refractivity contribution is -0.384. The number of amides is 1. The van der Waals surface area contributed by atoms with Crippen molar-refractivity contribution < 1.29 is 22.9 Å². The van der Waals surface area contributed by atoms with E-state index >= 15 is 0 Å². The molecule has 0 unspecified atom stereocenters. The molecule has 0 aliphatic rings. The predicted octanol–water partition coefficient (Wildman–Crippen LogP) is 4.37. The summed E-state index contributed by atoms with van der Waals surface area (Å²) in [5.41, 5.74) is 1.19. The van der Waals surface area contributed by atoms with Gasteiger partial charge in [-0.25, -0.2) is 8.42 Å². The van der Waals surface area contributed by atoms with Crippen LogP contribution in [0, 0.1) is 17.0 Å². The Morgan fingerprint density at radius 3 is 2.34 bits per heavy atom. The number of non-ortho nitro benzene ring substituents is 1. The maximum absolute atomic E-state index is 12.5. The summed E-state index contributed by atoms with van der Waals surface area (Å²) in [6, 6.07) is 15.9. The normalized spacial score (nSPS) is 10.9. The van der Waals surface area contributed by atoms with Gasteiger partial charge in [-0.2, -0.15) is 0 Å². The van der Waals surface area contributed by atoms with E-state index in [1.807, 2.05) is 0 Å². The van der Waals surface area contributed by atoms with Crippen molar-refractivity contribution in [3.8, 4) is 5.75 Å². The van der Waals surface area contributed by atoms with E-state index in [0.29, 0.717) is 22.0 Å². The molecule has 0 aliphatic carbocycles. The van der Waals surface area contributed by atoms with Crippen molar-refractivity contribution in [2.24, 2.45) is 0 Å². The summed E-state index contributed by atoms with van der Waals surface area (Å²) in [5.74, 6) is -0.240. The van der Waals surface area contributed by atoms with Gasteiger partial charge in [0.15, 0.2) is 6.61 Å². The van der Waals surface area contributed by atoms with Crippen molar-refractivity contribution >= 4 is 44.6 Å². The van der Waals surface area contributed by atoms with E-state index in [-0.39, 0.29) is 22.9 Å². The van der Waals surface area contributed by atoms with E-state index in [2.05, 4.69) is 10.0 Å². The average Bonchev–Trinajstić information content (AvgIpc) is 2.75. The zero-order valence-electron chi connectivity index (χ0n) is 16.7. The number of sulfonamides is 1. The first-order valence-corrected chi connectivity index (χ1v) is 11.1. The molecule has 3 aromatic rings. The minimum absolute atomic E-state index is 0.0106. The summed E-state index contributed by atoms with van der Waals surface area (Å²) in [6.07, 6.45) is 0. The van der Waals surface area contributed by atoms with Gasteiger partial charge in [0.05, 0.1) is 15.5 Å². The Labute approximate surface area is 189 Å². The van der Waals surface area contributed by atoms with Crippen molar-refractivity contribution in [3.63, 3.8) is 0 Å². The van der Waals surface area contributed by atoms with Crippen LogP contribution in [0.3, 0.4) is 0 Å². The quantitative estimate of drug-likeness (QED) is 0.367. The van der Waals surface area contributed by atoms with E-state index in [1.54, 1.807) is 31.2 Å².